The van der Waals surface area contributed by atoms with Crippen molar-refractivity contribution in [1.29, 1.82) is 0 Å². The van der Waals surface area contributed by atoms with Gasteiger partial charge in [-0.3, -0.25) is 9.69 Å². The van der Waals surface area contributed by atoms with Gasteiger partial charge >= 0.3 is 5.97 Å². The Labute approximate surface area is 170 Å². The van der Waals surface area contributed by atoms with Crippen LogP contribution in [0.2, 0.25) is 0 Å². The number of aromatic carboxylic acids is 1. The van der Waals surface area contributed by atoms with Crippen LogP contribution in [0.25, 0.3) is 11.0 Å². The van der Waals surface area contributed by atoms with Crippen molar-refractivity contribution in [2.24, 2.45) is 0 Å². The molecule has 1 aliphatic heterocycles. The molecule has 2 heterocycles. The zero-order valence-electron chi connectivity index (χ0n) is 17.1. The van der Waals surface area contributed by atoms with E-state index in [1.54, 1.807) is 10.6 Å². The highest BCUT2D eigenvalue weighted by atomic mass is 16.4. The molecule has 1 aromatic carbocycles. The summed E-state index contributed by atoms with van der Waals surface area (Å²) in [6, 6.07) is 8.57. The van der Waals surface area contributed by atoms with Crippen LogP contribution in [-0.2, 0) is 0 Å². The van der Waals surface area contributed by atoms with Gasteiger partial charge in [0.1, 0.15) is 0 Å². The zero-order chi connectivity index (χ0) is 20.5. The quantitative estimate of drug-likeness (QED) is 0.774. The fourth-order valence-corrected chi connectivity index (χ4v) is 5.20. The Balaban J connectivity index is 1.68. The molecule has 0 spiro atoms. The maximum atomic E-state index is 13.0. The number of hydrogen-bond donors (Lipinski definition) is 1. The van der Waals surface area contributed by atoms with Crippen LogP contribution in [0.1, 0.15) is 68.9 Å². The molecule has 1 aromatic heterocycles. The van der Waals surface area contributed by atoms with Crippen LogP contribution in [0.15, 0.2) is 41.2 Å². The predicted molar refractivity (Wildman–Crippen MR) is 113 cm³/mol. The lowest BCUT2D eigenvalue weighted by molar-refractivity contribution is 0.0687. The van der Waals surface area contributed by atoms with Crippen LogP contribution in [0.4, 0.5) is 0 Å². The third-order valence-electron chi connectivity index (χ3n) is 6.51. The first kappa shape index (κ1) is 19.8. The second-order valence-corrected chi connectivity index (χ2v) is 8.47. The largest absolute Gasteiger partial charge is 0.476 e. The minimum absolute atomic E-state index is 0.112. The monoisotopic (exact) mass is 395 g/mol. The van der Waals surface area contributed by atoms with Crippen molar-refractivity contribution < 1.29 is 9.90 Å². The lowest BCUT2D eigenvalue weighted by Gasteiger charge is -2.37. The molecule has 2 aliphatic rings. The summed E-state index contributed by atoms with van der Waals surface area (Å²) in [6.07, 6.45) is 11.3. The van der Waals surface area contributed by atoms with E-state index in [4.69, 9.17) is 0 Å². The van der Waals surface area contributed by atoms with Crippen LogP contribution >= 0.6 is 0 Å². The number of allylic oxidation sites excluding steroid dienone is 1. The van der Waals surface area contributed by atoms with Gasteiger partial charge in [0.15, 0.2) is 0 Å². The number of carboxylic acids is 1. The Morgan fingerprint density at radius 2 is 2.07 bits per heavy atom. The van der Waals surface area contributed by atoms with Crippen molar-refractivity contribution in [2.75, 3.05) is 0 Å². The molecule has 4 rings (SSSR count). The molecule has 0 amide bonds. The second-order valence-electron chi connectivity index (χ2n) is 8.47. The Morgan fingerprint density at radius 3 is 2.79 bits per heavy atom. The molecule has 0 radical (unpaired) electrons. The van der Waals surface area contributed by atoms with Gasteiger partial charge in [-0.15, -0.1) is 0 Å². The third kappa shape index (κ3) is 3.73. The van der Waals surface area contributed by atoms with Crippen molar-refractivity contribution in [2.45, 2.75) is 76.5 Å². The van der Waals surface area contributed by atoms with E-state index in [-0.39, 0.29) is 6.04 Å². The summed E-state index contributed by atoms with van der Waals surface area (Å²) >= 11 is 0. The van der Waals surface area contributed by atoms with E-state index in [0.29, 0.717) is 29.2 Å². The molecular formula is C23H29N3O3. The Kier molecular flexibility index (Phi) is 5.54. The number of aromatic nitrogens is 2. The maximum absolute atomic E-state index is 13.0. The molecule has 2 unspecified atom stereocenters. The van der Waals surface area contributed by atoms with E-state index in [1.807, 2.05) is 25.1 Å². The maximum Gasteiger partial charge on any atom is 0.360 e. The number of fused-ring (bicyclic) bond motifs is 1. The smallest absolute Gasteiger partial charge is 0.360 e. The summed E-state index contributed by atoms with van der Waals surface area (Å²) in [5, 5.41) is 9.47. The number of carbonyl (C=O) groups is 1. The minimum Gasteiger partial charge on any atom is -0.476 e. The summed E-state index contributed by atoms with van der Waals surface area (Å²) in [5.74, 6) is -1.27. The fraction of sp³-hybridized carbons (Fsp3) is 0.522. The van der Waals surface area contributed by atoms with E-state index in [9.17, 15) is 14.7 Å². The van der Waals surface area contributed by atoms with Crippen LogP contribution in [-0.4, -0.2) is 43.7 Å². The van der Waals surface area contributed by atoms with Gasteiger partial charge in [0.2, 0.25) is 5.69 Å². The molecule has 2 aromatic rings. The Morgan fingerprint density at radius 1 is 1.28 bits per heavy atom. The summed E-state index contributed by atoms with van der Waals surface area (Å²) < 4.78 is 1.64. The van der Waals surface area contributed by atoms with Gasteiger partial charge in [-0.05, 0) is 64.5 Å². The number of likely N-dealkylation sites (tertiary alicyclic amines) is 1. The van der Waals surface area contributed by atoms with Crippen LogP contribution in [0, 0.1) is 0 Å². The summed E-state index contributed by atoms with van der Waals surface area (Å²) in [5.41, 5.74) is 0.328. The summed E-state index contributed by atoms with van der Waals surface area (Å²) in [7, 11) is 0. The highest BCUT2D eigenvalue weighted by Gasteiger charge is 2.36. The number of para-hydroxylation sites is 2. The van der Waals surface area contributed by atoms with E-state index >= 15 is 0 Å². The number of benzene rings is 1. The molecule has 1 aliphatic carbocycles. The van der Waals surface area contributed by atoms with E-state index < -0.39 is 17.2 Å². The van der Waals surface area contributed by atoms with Crippen LogP contribution < -0.4 is 5.56 Å². The van der Waals surface area contributed by atoms with Gasteiger partial charge in [0, 0.05) is 24.2 Å². The van der Waals surface area contributed by atoms with Crippen molar-refractivity contribution in [1.82, 2.24) is 14.5 Å². The molecule has 1 N–H and O–H groups in total. The minimum atomic E-state index is -1.27. The van der Waals surface area contributed by atoms with Crippen LogP contribution in [0.5, 0.6) is 0 Å². The molecule has 0 bridgehead atoms. The average Bonchev–Trinajstić information content (AvgIpc) is 3.07. The SMILES string of the molecule is CC1CC[C@@H](C[C@H](C)n2c(=O)c(C(=O)O)nc3ccccc32)N1C1C=CCCC1. The molecule has 1 saturated heterocycles. The van der Waals surface area contributed by atoms with Crippen molar-refractivity contribution in [3.63, 3.8) is 0 Å². The van der Waals surface area contributed by atoms with Crippen molar-refractivity contribution >= 4 is 17.0 Å². The first-order valence-corrected chi connectivity index (χ1v) is 10.7. The van der Waals surface area contributed by atoms with Gasteiger partial charge in [-0.1, -0.05) is 24.3 Å². The summed E-state index contributed by atoms with van der Waals surface area (Å²) in [6.45, 7) is 4.32. The number of hydrogen-bond acceptors (Lipinski definition) is 4. The topological polar surface area (TPSA) is 75.4 Å². The molecular weight excluding hydrogens is 366 g/mol. The number of nitrogens with zero attached hydrogens (tertiary/aromatic N) is 3. The molecule has 4 atom stereocenters. The predicted octanol–water partition coefficient (Wildman–Crippen LogP) is 4.01. The van der Waals surface area contributed by atoms with Crippen molar-refractivity contribution in [3.8, 4) is 0 Å². The zero-order valence-corrected chi connectivity index (χ0v) is 17.1. The number of carboxylic acid groups (broad SMARTS) is 1. The molecule has 6 nitrogen and oxygen atoms in total. The van der Waals surface area contributed by atoms with E-state index in [0.717, 1.165) is 25.7 Å². The fourth-order valence-electron chi connectivity index (χ4n) is 5.20. The highest BCUT2D eigenvalue weighted by molar-refractivity contribution is 5.88. The molecule has 0 saturated carbocycles. The highest BCUT2D eigenvalue weighted by Crippen LogP contribution is 2.34. The van der Waals surface area contributed by atoms with E-state index in [2.05, 4.69) is 29.0 Å². The Hall–Kier alpha value is -2.47. The average molecular weight is 396 g/mol. The first-order valence-electron chi connectivity index (χ1n) is 10.7. The first-order chi connectivity index (χ1) is 14.0. The molecule has 6 heteroatoms. The standard InChI is InChI=1S/C23H29N3O3/c1-15-12-13-18(25(15)17-8-4-3-5-9-17)14-16(2)26-20-11-7-6-10-19(20)24-21(22(26)27)23(28)29/h4,6-8,10-11,15-18H,3,5,9,12-14H2,1-2H3,(H,28,29)/t15?,16-,17?,18-/m0/s1. The van der Waals surface area contributed by atoms with Crippen LogP contribution in [0.3, 0.4) is 0 Å². The second kappa shape index (κ2) is 8.11. The third-order valence-corrected chi connectivity index (χ3v) is 6.51. The normalized spacial score (nSPS) is 26.1. The van der Waals surface area contributed by atoms with Gasteiger partial charge in [0.05, 0.1) is 11.0 Å². The summed E-state index contributed by atoms with van der Waals surface area (Å²) in [4.78, 5) is 31.3. The molecule has 1 fully saturated rings. The Bertz CT molecular complexity index is 997. The van der Waals surface area contributed by atoms with Gasteiger partial charge in [-0.25, -0.2) is 9.78 Å². The molecule has 154 valence electrons. The lowest BCUT2D eigenvalue weighted by Crippen LogP contribution is -2.44. The van der Waals surface area contributed by atoms with Gasteiger partial charge < -0.3 is 9.67 Å². The van der Waals surface area contributed by atoms with Crippen molar-refractivity contribution in [3.05, 3.63) is 52.5 Å². The molecule has 29 heavy (non-hydrogen) atoms. The van der Waals surface area contributed by atoms with Gasteiger partial charge in [0.25, 0.3) is 5.56 Å². The van der Waals surface area contributed by atoms with E-state index in [1.165, 1.54) is 12.8 Å². The lowest BCUT2D eigenvalue weighted by atomic mass is 9.98. The van der Waals surface area contributed by atoms with Gasteiger partial charge in [-0.2, -0.15) is 0 Å². The number of rotatable bonds is 5.